The molecule has 2 aliphatic rings. The Balaban J connectivity index is 2.39. The number of benzene rings is 1. The SMILES string of the molecule is CC1=CC=CC2OC(=O)CC=c3ccccc3=C12. The van der Waals surface area contributed by atoms with Gasteiger partial charge < -0.3 is 4.74 Å². The molecule has 0 radical (unpaired) electrons. The van der Waals surface area contributed by atoms with Gasteiger partial charge in [0.15, 0.2) is 0 Å². The van der Waals surface area contributed by atoms with Gasteiger partial charge in [0.1, 0.15) is 6.10 Å². The monoisotopic (exact) mass is 238 g/mol. The molecule has 0 saturated carbocycles. The Morgan fingerprint density at radius 2 is 2.11 bits per heavy atom. The lowest BCUT2D eigenvalue weighted by Gasteiger charge is -2.22. The van der Waals surface area contributed by atoms with Crippen LogP contribution in [-0.2, 0) is 9.53 Å². The van der Waals surface area contributed by atoms with Crippen molar-refractivity contribution >= 4 is 17.6 Å². The zero-order chi connectivity index (χ0) is 12.5. The predicted molar refractivity (Wildman–Crippen MR) is 71.0 cm³/mol. The molecule has 0 amide bonds. The zero-order valence-electron chi connectivity index (χ0n) is 10.2. The summed E-state index contributed by atoms with van der Waals surface area (Å²) in [7, 11) is 0. The Kier molecular flexibility index (Phi) is 2.63. The highest BCUT2D eigenvalue weighted by molar-refractivity contribution is 5.81. The van der Waals surface area contributed by atoms with Gasteiger partial charge in [0.2, 0.25) is 0 Å². The van der Waals surface area contributed by atoms with Crippen LogP contribution in [0, 0.1) is 0 Å². The van der Waals surface area contributed by atoms with Crippen LogP contribution in [0.4, 0.5) is 0 Å². The van der Waals surface area contributed by atoms with E-state index in [1.807, 2.05) is 36.4 Å². The number of hydrogen-bond donors (Lipinski definition) is 0. The molecule has 0 aromatic heterocycles. The molecule has 0 saturated heterocycles. The average Bonchev–Trinajstić information content (AvgIpc) is 2.35. The third kappa shape index (κ3) is 1.80. The van der Waals surface area contributed by atoms with Gasteiger partial charge in [0.05, 0.1) is 6.42 Å². The van der Waals surface area contributed by atoms with E-state index in [2.05, 4.69) is 19.1 Å². The maximum Gasteiger partial charge on any atom is 0.310 e. The van der Waals surface area contributed by atoms with Gasteiger partial charge in [0, 0.05) is 5.57 Å². The zero-order valence-corrected chi connectivity index (χ0v) is 10.2. The second-order valence-corrected chi connectivity index (χ2v) is 4.55. The van der Waals surface area contributed by atoms with Gasteiger partial charge in [-0.05, 0) is 29.0 Å². The van der Waals surface area contributed by atoms with Crippen molar-refractivity contribution in [2.45, 2.75) is 19.4 Å². The van der Waals surface area contributed by atoms with Crippen LogP contribution in [-0.4, -0.2) is 12.1 Å². The van der Waals surface area contributed by atoms with E-state index in [9.17, 15) is 4.79 Å². The highest BCUT2D eigenvalue weighted by Gasteiger charge is 2.21. The van der Waals surface area contributed by atoms with Crippen molar-refractivity contribution in [1.82, 2.24) is 0 Å². The molecule has 0 bridgehead atoms. The minimum atomic E-state index is -0.252. The van der Waals surface area contributed by atoms with Gasteiger partial charge in [0.25, 0.3) is 0 Å². The summed E-state index contributed by atoms with van der Waals surface area (Å²) < 4.78 is 5.49. The van der Waals surface area contributed by atoms with Gasteiger partial charge in [-0.3, -0.25) is 4.79 Å². The Morgan fingerprint density at radius 1 is 1.28 bits per heavy atom. The molecule has 2 nitrogen and oxygen atoms in total. The molecule has 90 valence electrons. The fourth-order valence-electron chi connectivity index (χ4n) is 2.48. The summed E-state index contributed by atoms with van der Waals surface area (Å²) in [6, 6.07) is 8.15. The molecular weight excluding hydrogens is 224 g/mol. The topological polar surface area (TPSA) is 26.3 Å². The normalized spacial score (nSPS) is 21.8. The van der Waals surface area contributed by atoms with E-state index in [1.54, 1.807) is 0 Å². The van der Waals surface area contributed by atoms with Crippen LogP contribution < -0.4 is 10.4 Å². The molecule has 1 aromatic carbocycles. The predicted octanol–water partition coefficient (Wildman–Crippen LogP) is 1.45. The largest absolute Gasteiger partial charge is 0.453 e. The van der Waals surface area contributed by atoms with Crippen LogP contribution in [0.2, 0.25) is 0 Å². The van der Waals surface area contributed by atoms with Crippen LogP contribution in [0.25, 0.3) is 11.6 Å². The maximum absolute atomic E-state index is 11.7. The van der Waals surface area contributed by atoms with E-state index < -0.39 is 0 Å². The summed E-state index contributed by atoms with van der Waals surface area (Å²) in [4.78, 5) is 11.7. The molecule has 0 spiro atoms. The van der Waals surface area contributed by atoms with Crippen molar-refractivity contribution in [3.8, 4) is 0 Å². The van der Waals surface area contributed by atoms with E-state index in [4.69, 9.17) is 4.74 Å². The molecule has 0 fully saturated rings. The number of hydrogen-bond acceptors (Lipinski definition) is 2. The maximum atomic E-state index is 11.7. The molecular formula is C16H14O2. The molecule has 1 aliphatic carbocycles. The van der Waals surface area contributed by atoms with E-state index in [-0.39, 0.29) is 12.1 Å². The fraction of sp³-hybridized carbons (Fsp3) is 0.188. The van der Waals surface area contributed by atoms with Crippen molar-refractivity contribution < 1.29 is 9.53 Å². The van der Waals surface area contributed by atoms with Crippen LogP contribution in [0.3, 0.4) is 0 Å². The number of ether oxygens (including phenoxy) is 1. The lowest BCUT2D eigenvalue weighted by molar-refractivity contribution is -0.143. The Bertz CT molecular complexity index is 677. The first kappa shape index (κ1) is 11.0. The standard InChI is InChI=1S/C16H14O2/c1-11-5-4-8-14-16(11)13-7-3-2-6-12(13)9-10-15(17)18-14/h2-9,14H,10H2,1H3. The second kappa shape index (κ2) is 4.30. The molecule has 1 heterocycles. The molecule has 0 N–H and O–H groups in total. The molecule has 1 atom stereocenters. The van der Waals surface area contributed by atoms with Crippen LogP contribution >= 0.6 is 0 Å². The minimum absolute atomic E-state index is 0.175. The first-order valence-electron chi connectivity index (χ1n) is 6.10. The minimum Gasteiger partial charge on any atom is -0.453 e. The summed E-state index contributed by atoms with van der Waals surface area (Å²) in [5, 5.41) is 2.27. The van der Waals surface area contributed by atoms with Crippen molar-refractivity contribution in [2.24, 2.45) is 0 Å². The van der Waals surface area contributed by atoms with E-state index in [0.717, 1.165) is 21.6 Å². The fourth-order valence-corrected chi connectivity index (χ4v) is 2.48. The molecule has 1 unspecified atom stereocenters. The number of fused-ring (bicyclic) bond motifs is 2. The van der Waals surface area contributed by atoms with Crippen molar-refractivity contribution in [3.63, 3.8) is 0 Å². The highest BCUT2D eigenvalue weighted by atomic mass is 16.5. The molecule has 1 aromatic rings. The Labute approximate surface area is 106 Å². The van der Waals surface area contributed by atoms with Gasteiger partial charge in [-0.2, -0.15) is 0 Å². The Morgan fingerprint density at radius 3 is 3.00 bits per heavy atom. The highest BCUT2D eigenvalue weighted by Crippen LogP contribution is 2.23. The van der Waals surface area contributed by atoms with E-state index >= 15 is 0 Å². The number of rotatable bonds is 0. The van der Waals surface area contributed by atoms with Crippen LogP contribution in [0.5, 0.6) is 0 Å². The number of allylic oxidation sites excluding steroid dienone is 2. The molecule has 2 heteroatoms. The summed E-state index contributed by atoms with van der Waals surface area (Å²) in [6.07, 6.45) is 7.95. The molecule has 3 rings (SSSR count). The summed E-state index contributed by atoms with van der Waals surface area (Å²) in [5.41, 5.74) is 2.25. The van der Waals surface area contributed by atoms with Crippen LogP contribution in [0.15, 0.2) is 48.1 Å². The summed E-state index contributed by atoms with van der Waals surface area (Å²) in [6.45, 7) is 2.05. The smallest absolute Gasteiger partial charge is 0.310 e. The van der Waals surface area contributed by atoms with Gasteiger partial charge in [-0.1, -0.05) is 42.5 Å². The van der Waals surface area contributed by atoms with Crippen molar-refractivity contribution in [1.29, 1.82) is 0 Å². The van der Waals surface area contributed by atoms with Gasteiger partial charge in [-0.25, -0.2) is 0 Å². The van der Waals surface area contributed by atoms with Gasteiger partial charge >= 0.3 is 5.97 Å². The first-order valence-corrected chi connectivity index (χ1v) is 6.10. The lowest BCUT2D eigenvalue weighted by Crippen LogP contribution is -2.35. The van der Waals surface area contributed by atoms with Crippen molar-refractivity contribution in [3.05, 3.63) is 58.5 Å². The number of carbonyl (C=O) groups excluding carboxylic acids is 1. The number of carbonyl (C=O) groups is 1. The lowest BCUT2D eigenvalue weighted by atomic mass is 9.93. The summed E-state index contributed by atoms with van der Waals surface area (Å²) >= 11 is 0. The average molecular weight is 238 g/mol. The van der Waals surface area contributed by atoms with Crippen molar-refractivity contribution in [2.75, 3.05) is 0 Å². The molecule has 1 aliphatic heterocycles. The first-order chi connectivity index (χ1) is 8.75. The van der Waals surface area contributed by atoms with E-state index in [1.165, 1.54) is 0 Å². The second-order valence-electron chi connectivity index (χ2n) is 4.55. The number of esters is 1. The third-order valence-electron chi connectivity index (χ3n) is 3.34. The summed E-state index contributed by atoms with van der Waals surface area (Å²) in [5.74, 6) is -0.175. The van der Waals surface area contributed by atoms with Gasteiger partial charge in [-0.15, -0.1) is 0 Å². The quantitative estimate of drug-likeness (QED) is 0.639. The third-order valence-corrected chi connectivity index (χ3v) is 3.34. The molecule has 18 heavy (non-hydrogen) atoms. The Hall–Kier alpha value is -2.09. The van der Waals surface area contributed by atoms with E-state index in [0.29, 0.717) is 6.42 Å². The van der Waals surface area contributed by atoms with Crippen LogP contribution in [0.1, 0.15) is 13.3 Å².